The number of benzene rings is 1. The van der Waals surface area contributed by atoms with Crippen molar-refractivity contribution in [3.8, 4) is 0 Å². The van der Waals surface area contributed by atoms with Crippen molar-refractivity contribution in [3.63, 3.8) is 0 Å². The Labute approximate surface area is 124 Å². The fraction of sp³-hybridized carbons (Fsp3) is 0.562. The normalized spacial score (nSPS) is 25.1. The van der Waals surface area contributed by atoms with Crippen LogP contribution in [0, 0.1) is 11.2 Å². The first-order valence-electron chi connectivity index (χ1n) is 7.18. The number of carbonyl (C=O) groups excluding carboxylic acids is 1. The van der Waals surface area contributed by atoms with Gasteiger partial charge in [-0.05, 0) is 44.4 Å². The van der Waals surface area contributed by atoms with Crippen molar-refractivity contribution in [1.82, 2.24) is 5.32 Å². The number of carbonyl (C=O) groups is 1. The van der Waals surface area contributed by atoms with Gasteiger partial charge in [0.1, 0.15) is 11.4 Å². The number of amides is 1. The van der Waals surface area contributed by atoms with Crippen LogP contribution in [0.2, 0.25) is 0 Å². The molecule has 1 saturated heterocycles. The summed E-state index contributed by atoms with van der Waals surface area (Å²) in [6.07, 6.45) is 1.62. The number of aliphatic hydroxyl groups is 1. The fourth-order valence-electron chi connectivity index (χ4n) is 2.50. The van der Waals surface area contributed by atoms with E-state index >= 15 is 0 Å². The Bertz CT molecular complexity index is 510. The van der Waals surface area contributed by atoms with E-state index < -0.39 is 16.8 Å². The first-order valence-corrected chi connectivity index (χ1v) is 7.18. The first kappa shape index (κ1) is 15.9. The van der Waals surface area contributed by atoms with Crippen molar-refractivity contribution < 1.29 is 19.0 Å². The predicted octanol–water partition coefficient (Wildman–Crippen LogP) is 1.97. The van der Waals surface area contributed by atoms with Gasteiger partial charge in [0, 0.05) is 6.61 Å². The van der Waals surface area contributed by atoms with Gasteiger partial charge in [0.15, 0.2) is 0 Å². The van der Waals surface area contributed by atoms with Crippen molar-refractivity contribution in [2.45, 2.75) is 32.3 Å². The highest BCUT2D eigenvalue weighted by molar-refractivity contribution is 5.82. The summed E-state index contributed by atoms with van der Waals surface area (Å²) in [6, 6.07) is 5.77. The van der Waals surface area contributed by atoms with Gasteiger partial charge < -0.3 is 15.2 Å². The lowest BCUT2D eigenvalue weighted by atomic mass is 9.83. The first-order chi connectivity index (χ1) is 9.83. The van der Waals surface area contributed by atoms with Crippen LogP contribution in [0.4, 0.5) is 4.39 Å². The average Bonchev–Trinajstić information content (AvgIpc) is 2.45. The molecule has 0 aromatic heterocycles. The molecule has 2 unspecified atom stereocenters. The summed E-state index contributed by atoms with van der Waals surface area (Å²) < 4.78 is 18.6. The summed E-state index contributed by atoms with van der Waals surface area (Å²) in [5, 5.41) is 13.2. The minimum absolute atomic E-state index is 0.0326. The maximum absolute atomic E-state index is 13.2. The summed E-state index contributed by atoms with van der Waals surface area (Å²) in [6.45, 7) is 4.52. The Morgan fingerprint density at radius 3 is 2.95 bits per heavy atom. The van der Waals surface area contributed by atoms with E-state index in [1.807, 2.05) is 6.92 Å². The molecule has 0 saturated carbocycles. The van der Waals surface area contributed by atoms with E-state index in [0.29, 0.717) is 18.8 Å². The molecule has 0 radical (unpaired) electrons. The van der Waals surface area contributed by atoms with Gasteiger partial charge >= 0.3 is 0 Å². The van der Waals surface area contributed by atoms with Crippen LogP contribution in [-0.2, 0) is 15.1 Å². The maximum atomic E-state index is 13.2. The summed E-state index contributed by atoms with van der Waals surface area (Å²) in [4.78, 5) is 12.3. The topological polar surface area (TPSA) is 58.6 Å². The van der Waals surface area contributed by atoms with E-state index in [1.165, 1.54) is 18.2 Å². The molecule has 1 amide bonds. The van der Waals surface area contributed by atoms with Crippen LogP contribution >= 0.6 is 0 Å². The zero-order chi connectivity index (χ0) is 15.5. The van der Waals surface area contributed by atoms with Crippen molar-refractivity contribution in [2.24, 2.45) is 5.41 Å². The molecular formula is C16H22FNO3. The smallest absolute Gasteiger partial charge is 0.228 e. The lowest BCUT2D eigenvalue weighted by molar-refractivity contribution is -0.138. The van der Waals surface area contributed by atoms with E-state index in [1.54, 1.807) is 13.0 Å². The highest BCUT2D eigenvalue weighted by Gasteiger charge is 2.36. The second-order valence-electron chi connectivity index (χ2n) is 6.18. The van der Waals surface area contributed by atoms with Gasteiger partial charge in [-0.2, -0.15) is 0 Å². The van der Waals surface area contributed by atoms with Gasteiger partial charge in [-0.3, -0.25) is 4.79 Å². The van der Waals surface area contributed by atoms with Crippen molar-refractivity contribution in [1.29, 1.82) is 0 Å². The second kappa shape index (κ2) is 6.12. The van der Waals surface area contributed by atoms with Crippen LogP contribution < -0.4 is 5.32 Å². The third-order valence-electron chi connectivity index (χ3n) is 4.03. The van der Waals surface area contributed by atoms with Gasteiger partial charge in [-0.25, -0.2) is 4.39 Å². The molecule has 1 fully saturated rings. The summed E-state index contributed by atoms with van der Waals surface area (Å²) in [7, 11) is 0. The van der Waals surface area contributed by atoms with Crippen LogP contribution in [0.5, 0.6) is 0 Å². The van der Waals surface area contributed by atoms with Crippen molar-refractivity contribution >= 4 is 5.91 Å². The zero-order valence-corrected chi connectivity index (χ0v) is 12.5. The van der Waals surface area contributed by atoms with Gasteiger partial charge in [0.25, 0.3) is 0 Å². The Hall–Kier alpha value is -1.46. The molecule has 0 bridgehead atoms. The lowest BCUT2D eigenvalue weighted by Crippen LogP contribution is -2.48. The maximum Gasteiger partial charge on any atom is 0.228 e. The van der Waals surface area contributed by atoms with Crippen LogP contribution in [0.3, 0.4) is 0 Å². The number of hydrogen-bond acceptors (Lipinski definition) is 3. The Morgan fingerprint density at radius 1 is 1.57 bits per heavy atom. The molecule has 2 rings (SSSR count). The Morgan fingerprint density at radius 2 is 2.33 bits per heavy atom. The van der Waals surface area contributed by atoms with Crippen LogP contribution in [0.1, 0.15) is 32.3 Å². The van der Waals surface area contributed by atoms with E-state index in [9.17, 15) is 14.3 Å². The van der Waals surface area contributed by atoms with Crippen LogP contribution in [0.15, 0.2) is 24.3 Å². The third kappa shape index (κ3) is 3.80. The summed E-state index contributed by atoms with van der Waals surface area (Å²) >= 11 is 0. The van der Waals surface area contributed by atoms with Crippen molar-refractivity contribution in [3.05, 3.63) is 35.6 Å². The molecule has 0 aliphatic carbocycles. The molecule has 4 nitrogen and oxygen atoms in total. The van der Waals surface area contributed by atoms with E-state index in [2.05, 4.69) is 5.32 Å². The van der Waals surface area contributed by atoms with E-state index in [0.717, 1.165) is 12.8 Å². The van der Waals surface area contributed by atoms with Gasteiger partial charge in [0.05, 0.1) is 18.6 Å². The number of rotatable bonds is 4. The molecule has 2 N–H and O–H groups in total. The minimum Gasteiger partial charge on any atom is -0.384 e. The number of ether oxygens (including phenoxy) is 1. The number of halogens is 1. The number of nitrogens with one attached hydrogen (secondary N) is 1. The monoisotopic (exact) mass is 295 g/mol. The quantitative estimate of drug-likeness (QED) is 0.893. The predicted molar refractivity (Wildman–Crippen MR) is 77.1 cm³/mol. The van der Waals surface area contributed by atoms with Crippen LogP contribution in [-0.4, -0.2) is 30.8 Å². The fourth-order valence-corrected chi connectivity index (χ4v) is 2.50. The molecule has 1 aliphatic rings. The van der Waals surface area contributed by atoms with E-state index in [4.69, 9.17) is 4.74 Å². The molecule has 0 spiro atoms. The molecule has 1 aromatic rings. The molecular weight excluding hydrogens is 273 g/mol. The standard InChI is InChI=1S/C16H22FNO3/c1-15(7-4-8-21-11-15)14(19)18-10-16(2,20)12-5-3-6-13(17)9-12/h3,5-6,9,20H,4,7-8,10-11H2,1-2H3,(H,18,19). The average molecular weight is 295 g/mol. The Kier molecular flexibility index (Phi) is 4.64. The Balaban J connectivity index is 1.99. The van der Waals surface area contributed by atoms with Crippen LogP contribution in [0.25, 0.3) is 0 Å². The molecule has 1 aromatic carbocycles. The zero-order valence-electron chi connectivity index (χ0n) is 12.5. The molecule has 1 aliphatic heterocycles. The molecule has 21 heavy (non-hydrogen) atoms. The molecule has 116 valence electrons. The highest BCUT2D eigenvalue weighted by atomic mass is 19.1. The summed E-state index contributed by atoms with van der Waals surface area (Å²) in [5.74, 6) is -0.550. The molecule has 2 atom stereocenters. The van der Waals surface area contributed by atoms with Gasteiger partial charge in [-0.1, -0.05) is 12.1 Å². The number of hydrogen-bond donors (Lipinski definition) is 2. The largest absolute Gasteiger partial charge is 0.384 e. The second-order valence-corrected chi connectivity index (χ2v) is 6.18. The molecule has 1 heterocycles. The lowest BCUT2D eigenvalue weighted by Gasteiger charge is -2.33. The van der Waals surface area contributed by atoms with Gasteiger partial charge in [-0.15, -0.1) is 0 Å². The highest BCUT2D eigenvalue weighted by Crippen LogP contribution is 2.28. The van der Waals surface area contributed by atoms with Crippen molar-refractivity contribution in [2.75, 3.05) is 19.8 Å². The van der Waals surface area contributed by atoms with Gasteiger partial charge in [0.2, 0.25) is 5.91 Å². The summed E-state index contributed by atoms with van der Waals surface area (Å²) in [5.41, 5.74) is -1.44. The SMILES string of the molecule is CC1(C(=O)NCC(C)(O)c2cccc(F)c2)CCCOC1. The molecule has 5 heteroatoms. The third-order valence-corrected chi connectivity index (χ3v) is 4.03. The van der Waals surface area contributed by atoms with E-state index in [-0.39, 0.29) is 12.5 Å². The minimum atomic E-state index is -1.32.